The predicted octanol–water partition coefficient (Wildman–Crippen LogP) is 5.04. The van der Waals surface area contributed by atoms with E-state index in [1.165, 1.54) is 42.6 Å². The van der Waals surface area contributed by atoms with Crippen molar-refractivity contribution in [1.29, 1.82) is 0 Å². The lowest BCUT2D eigenvalue weighted by molar-refractivity contribution is -0.384. The Morgan fingerprint density at radius 2 is 1.97 bits per heavy atom. The topological polar surface area (TPSA) is 144 Å². The Balaban J connectivity index is 1.37. The van der Waals surface area contributed by atoms with Crippen molar-refractivity contribution in [1.82, 2.24) is 5.43 Å². The molecule has 176 valence electrons. The summed E-state index contributed by atoms with van der Waals surface area (Å²) in [5.41, 5.74) is 3.96. The van der Waals surface area contributed by atoms with Crippen molar-refractivity contribution in [2.24, 2.45) is 5.10 Å². The molecule has 0 bridgehead atoms. The molecular weight excluding hydrogens is 478 g/mol. The second kappa shape index (κ2) is 10.1. The van der Waals surface area contributed by atoms with Crippen LogP contribution in [0.2, 0.25) is 5.02 Å². The summed E-state index contributed by atoms with van der Waals surface area (Å²) in [6.45, 7) is 0.130. The third kappa shape index (κ3) is 5.63. The number of rotatable bonds is 8. The molecule has 1 amide bonds. The maximum atomic E-state index is 12.3. The Morgan fingerprint density at radius 1 is 1.14 bits per heavy atom. The van der Waals surface area contributed by atoms with E-state index in [0.29, 0.717) is 32.9 Å². The molecule has 4 aromatic rings. The Labute approximate surface area is 202 Å². The van der Waals surface area contributed by atoms with Crippen LogP contribution in [0.5, 0.6) is 5.75 Å². The molecule has 0 saturated heterocycles. The van der Waals surface area contributed by atoms with Crippen molar-refractivity contribution < 1.29 is 28.8 Å². The molecule has 3 aromatic carbocycles. The molecule has 0 saturated carbocycles. The minimum atomic E-state index is -1.02. The first-order chi connectivity index (χ1) is 16.8. The van der Waals surface area contributed by atoms with Gasteiger partial charge in [-0.25, -0.2) is 10.2 Å². The molecule has 0 aliphatic heterocycles. The van der Waals surface area contributed by atoms with E-state index in [0.717, 1.165) is 0 Å². The highest BCUT2D eigenvalue weighted by atomic mass is 35.5. The first-order valence-corrected chi connectivity index (χ1v) is 10.4. The van der Waals surface area contributed by atoms with Crippen LogP contribution in [0, 0.1) is 10.1 Å². The number of carbonyl (C=O) groups is 2. The number of fused-ring (bicyclic) bond motifs is 1. The molecule has 0 unspecified atom stereocenters. The van der Waals surface area contributed by atoms with Gasteiger partial charge in [0.05, 0.1) is 21.7 Å². The number of benzene rings is 3. The highest BCUT2D eigenvalue weighted by Gasteiger charge is 2.14. The van der Waals surface area contributed by atoms with Gasteiger partial charge in [-0.15, -0.1) is 0 Å². The lowest BCUT2D eigenvalue weighted by Crippen LogP contribution is -2.16. The number of hydrogen-bond acceptors (Lipinski definition) is 7. The van der Waals surface area contributed by atoms with Crippen molar-refractivity contribution in [2.45, 2.75) is 6.61 Å². The summed E-state index contributed by atoms with van der Waals surface area (Å²) >= 11 is 6.26. The number of ether oxygens (including phenoxy) is 1. The van der Waals surface area contributed by atoms with Gasteiger partial charge in [-0.3, -0.25) is 14.9 Å². The van der Waals surface area contributed by atoms with Crippen LogP contribution in [0.3, 0.4) is 0 Å². The van der Waals surface area contributed by atoms with E-state index < -0.39 is 16.8 Å². The van der Waals surface area contributed by atoms with Crippen LogP contribution in [-0.2, 0) is 6.61 Å². The van der Waals surface area contributed by atoms with Gasteiger partial charge in [0.2, 0.25) is 0 Å². The molecule has 1 heterocycles. The summed E-state index contributed by atoms with van der Waals surface area (Å²) < 4.78 is 11.1. The maximum absolute atomic E-state index is 12.3. The monoisotopic (exact) mass is 493 g/mol. The van der Waals surface area contributed by atoms with E-state index in [4.69, 9.17) is 25.9 Å². The van der Waals surface area contributed by atoms with Gasteiger partial charge in [0.1, 0.15) is 17.9 Å². The second-order valence-corrected chi connectivity index (χ2v) is 7.68. The highest BCUT2D eigenvalue weighted by molar-refractivity contribution is 6.32. The molecule has 4 rings (SSSR count). The van der Waals surface area contributed by atoms with Crippen LogP contribution < -0.4 is 10.2 Å². The highest BCUT2D eigenvalue weighted by Crippen LogP contribution is 2.26. The zero-order valence-corrected chi connectivity index (χ0v) is 18.6. The number of nitrogens with one attached hydrogen (secondary N) is 1. The number of amides is 1. The van der Waals surface area contributed by atoms with Gasteiger partial charge < -0.3 is 14.3 Å². The number of halogens is 1. The average molecular weight is 494 g/mol. The van der Waals surface area contributed by atoms with Gasteiger partial charge in [0, 0.05) is 17.5 Å². The number of hydrogen-bond donors (Lipinski definition) is 2. The Morgan fingerprint density at radius 3 is 2.71 bits per heavy atom. The average Bonchev–Trinajstić information content (AvgIpc) is 3.27. The molecule has 0 atom stereocenters. The smallest absolute Gasteiger partial charge is 0.335 e. The fourth-order valence-corrected chi connectivity index (χ4v) is 3.39. The largest absolute Gasteiger partial charge is 0.487 e. The number of carboxylic acids is 1. The van der Waals surface area contributed by atoms with Gasteiger partial charge >= 0.3 is 11.9 Å². The van der Waals surface area contributed by atoms with E-state index in [1.807, 2.05) is 0 Å². The van der Waals surface area contributed by atoms with Crippen molar-refractivity contribution in [3.05, 3.63) is 104 Å². The van der Waals surface area contributed by atoms with Gasteiger partial charge in [0.15, 0.2) is 5.76 Å². The quantitative estimate of drug-likeness (QED) is 0.199. The molecule has 0 radical (unpaired) electrons. The van der Waals surface area contributed by atoms with E-state index in [-0.39, 0.29) is 23.6 Å². The summed E-state index contributed by atoms with van der Waals surface area (Å²) in [5, 5.41) is 24.6. The van der Waals surface area contributed by atoms with Gasteiger partial charge in [-0.1, -0.05) is 23.7 Å². The van der Waals surface area contributed by atoms with Crippen molar-refractivity contribution in [3.63, 3.8) is 0 Å². The molecule has 0 spiro atoms. The van der Waals surface area contributed by atoms with Crippen LogP contribution in [-0.4, -0.2) is 28.1 Å². The number of furan rings is 1. The summed E-state index contributed by atoms with van der Waals surface area (Å²) in [5.74, 6) is -1.31. The number of nitro benzene ring substituents is 1. The molecular formula is C24H16ClN3O7. The molecule has 0 aliphatic carbocycles. The zero-order valence-electron chi connectivity index (χ0n) is 17.8. The molecule has 10 nitrogen and oxygen atoms in total. The first kappa shape index (κ1) is 23.5. The third-order valence-electron chi connectivity index (χ3n) is 4.84. The fourth-order valence-electron chi connectivity index (χ4n) is 3.15. The number of non-ortho nitro benzene ring substituents is 1. The molecule has 1 aromatic heterocycles. The van der Waals surface area contributed by atoms with Gasteiger partial charge in [0.25, 0.3) is 5.69 Å². The number of carboxylic acid groups (broad SMARTS) is 1. The Kier molecular flexibility index (Phi) is 6.74. The van der Waals surface area contributed by atoms with E-state index in [2.05, 4.69) is 10.5 Å². The second-order valence-electron chi connectivity index (χ2n) is 7.27. The van der Waals surface area contributed by atoms with Crippen molar-refractivity contribution in [2.75, 3.05) is 0 Å². The number of nitro groups is 1. The van der Waals surface area contributed by atoms with Crippen LogP contribution in [0.1, 0.15) is 32.0 Å². The van der Waals surface area contributed by atoms with E-state index in [9.17, 15) is 19.7 Å². The minimum absolute atomic E-state index is 0.0496. The standard InChI is InChI=1S/C24H16ClN3O7/c25-19-9-14(4-6-21(19)34-13-15-2-1-3-16(8-15)24(30)31)12-26-27-23(29)22-11-17-10-18(28(32)33)5-7-20(17)35-22/h1-12H,13H2,(H,27,29)(H,30,31)/b26-12-. The predicted molar refractivity (Wildman–Crippen MR) is 127 cm³/mol. The Bertz CT molecular complexity index is 1480. The fraction of sp³-hybridized carbons (Fsp3) is 0.0417. The summed E-state index contributed by atoms with van der Waals surface area (Å²) in [4.78, 5) is 33.7. The maximum Gasteiger partial charge on any atom is 0.335 e. The summed E-state index contributed by atoms with van der Waals surface area (Å²) in [7, 11) is 0. The molecule has 11 heteroatoms. The van der Waals surface area contributed by atoms with Gasteiger partial charge in [-0.05, 0) is 53.6 Å². The zero-order chi connectivity index (χ0) is 24.9. The third-order valence-corrected chi connectivity index (χ3v) is 5.13. The number of aromatic carboxylic acids is 1. The molecule has 0 fully saturated rings. The van der Waals surface area contributed by atoms with E-state index in [1.54, 1.807) is 30.3 Å². The van der Waals surface area contributed by atoms with Crippen LogP contribution in [0.4, 0.5) is 5.69 Å². The lowest BCUT2D eigenvalue weighted by atomic mass is 10.1. The van der Waals surface area contributed by atoms with Gasteiger partial charge in [-0.2, -0.15) is 5.10 Å². The Hall–Kier alpha value is -4.70. The molecule has 2 N–H and O–H groups in total. The van der Waals surface area contributed by atoms with Crippen LogP contribution >= 0.6 is 11.6 Å². The van der Waals surface area contributed by atoms with Crippen molar-refractivity contribution in [3.8, 4) is 5.75 Å². The lowest BCUT2D eigenvalue weighted by Gasteiger charge is -2.09. The normalized spacial score (nSPS) is 11.0. The summed E-state index contributed by atoms with van der Waals surface area (Å²) in [6, 6.07) is 16.7. The molecule has 0 aliphatic rings. The minimum Gasteiger partial charge on any atom is -0.487 e. The number of nitrogens with zero attached hydrogens (tertiary/aromatic N) is 2. The SMILES string of the molecule is O=C(O)c1cccc(COc2ccc(/C=N\NC(=O)c3cc4cc([N+](=O)[O-])ccc4o3)cc2Cl)c1. The van der Waals surface area contributed by atoms with E-state index >= 15 is 0 Å². The molecule has 35 heavy (non-hydrogen) atoms. The van der Waals surface area contributed by atoms with Crippen LogP contribution in [0.25, 0.3) is 11.0 Å². The van der Waals surface area contributed by atoms with Crippen LogP contribution in [0.15, 0.2) is 76.2 Å². The van der Waals surface area contributed by atoms with Crippen molar-refractivity contribution >= 4 is 46.3 Å². The number of carbonyl (C=O) groups excluding carboxylic acids is 1. The summed E-state index contributed by atoms with van der Waals surface area (Å²) in [6.07, 6.45) is 1.37. The first-order valence-electron chi connectivity index (χ1n) is 10.1. The number of hydrazone groups is 1.